The Bertz CT molecular complexity index is 412. The Labute approximate surface area is 128 Å². The van der Waals surface area contributed by atoms with E-state index in [-0.39, 0.29) is 17.5 Å². The Morgan fingerprint density at radius 1 is 1.19 bits per heavy atom. The Hall–Kier alpha value is -1.39. The first-order chi connectivity index (χ1) is 9.92. The number of benzene rings is 1. The van der Waals surface area contributed by atoms with Crippen molar-refractivity contribution in [2.24, 2.45) is 5.73 Å². The number of rotatable bonds is 8. The van der Waals surface area contributed by atoms with Crippen molar-refractivity contribution in [3.05, 3.63) is 35.9 Å². The Balaban J connectivity index is 2.53. The van der Waals surface area contributed by atoms with Crippen LogP contribution in [0.4, 0.5) is 0 Å². The highest BCUT2D eigenvalue weighted by Gasteiger charge is 2.22. The van der Waals surface area contributed by atoms with Gasteiger partial charge in [-0.15, -0.1) is 0 Å². The van der Waals surface area contributed by atoms with E-state index in [1.807, 2.05) is 30.3 Å². The highest BCUT2D eigenvalue weighted by Crippen LogP contribution is 2.08. The fraction of sp³-hybridized carbons (Fsp3) is 0.588. The van der Waals surface area contributed by atoms with Crippen LogP contribution in [0.1, 0.15) is 45.6 Å². The lowest BCUT2D eigenvalue weighted by molar-refractivity contribution is -0.124. The molecule has 1 aromatic carbocycles. The predicted molar refractivity (Wildman–Crippen MR) is 87.9 cm³/mol. The molecule has 0 radical (unpaired) electrons. The zero-order valence-electron chi connectivity index (χ0n) is 13.5. The average Bonchev–Trinajstić information content (AvgIpc) is 2.44. The van der Waals surface area contributed by atoms with Crippen molar-refractivity contribution in [2.45, 2.75) is 58.2 Å². The molecule has 4 nitrogen and oxygen atoms in total. The van der Waals surface area contributed by atoms with Gasteiger partial charge in [-0.05, 0) is 45.7 Å². The van der Waals surface area contributed by atoms with Crippen molar-refractivity contribution >= 4 is 5.91 Å². The van der Waals surface area contributed by atoms with Crippen molar-refractivity contribution in [3.63, 3.8) is 0 Å². The Morgan fingerprint density at radius 2 is 1.86 bits per heavy atom. The molecule has 0 aliphatic heterocycles. The second kappa shape index (κ2) is 8.80. The summed E-state index contributed by atoms with van der Waals surface area (Å²) in [5.74, 6) is 0.0609. The highest BCUT2D eigenvalue weighted by atomic mass is 16.2. The number of amides is 1. The number of carbonyl (C=O) groups is 1. The molecule has 0 saturated carbocycles. The van der Waals surface area contributed by atoms with Crippen LogP contribution in [-0.4, -0.2) is 24.0 Å². The third kappa shape index (κ3) is 7.83. The predicted octanol–water partition coefficient (Wildman–Crippen LogP) is 2.19. The molecule has 0 saturated heterocycles. The van der Waals surface area contributed by atoms with E-state index >= 15 is 0 Å². The van der Waals surface area contributed by atoms with E-state index in [9.17, 15) is 4.79 Å². The number of hydrogen-bond donors (Lipinski definition) is 3. The molecule has 21 heavy (non-hydrogen) atoms. The molecule has 0 bridgehead atoms. The molecule has 0 fully saturated rings. The maximum Gasteiger partial charge on any atom is 0.237 e. The molecule has 0 spiro atoms. The van der Waals surface area contributed by atoms with Crippen LogP contribution in [0.5, 0.6) is 0 Å². The summed E-state index contributed by atoms with van der Waals surface area (Å²) < 4.78 is 0. The molecular weight excluding hydrogens is 262 g/mol. The normalized spacial score (nSPS) is 13.0. The largest absolute Gasteiger partial charge is 0.351 e. The SMILES string of the molecule is CC(C)(C)N[C@@H](CCCCN)C(=O)NCc1ccccc1. The summed E-state index contributed by atoms with van der Waals surface area (Å²) in [5.41, 5.74) is 6.56. The van der Waals surface area contributed by atoms with Gasteiger partial charge in [0.1, 0.15) is 0 Å². The maximum absolute atomic E-state index is 12.4. The van der Waals surface area contributed by atoms with Crippen LogP contribution in [0.3, 0.4) is 0 Å². The molecule has 4 heteroatoms. The Morgan fingerprint density at radius 3 is 2.43 bits per heavy atom. The van der Waals surface area contributed by atoms with Gasteiger partial charge in [-0.2, -0.15) is 0 Å². The molecule has 0 aromatic heterocycles. The molecule has 1 aromatic rings. The van der Waals surface area contributed by atoms with Gasteiger partial charge in [-0.25, -0.2) is 0 Å². The smallest absolute Gasteiger partial charge is 0.237 e. The van der Waals surface area contributed by atoms with Crippen LogP contribution in [-0.2, 0) is 11.3 Å². The number of carbonyl (C=O) groups excluding carboxylic acids is 1. The highest BCUT2D eigenvalue weighted by molar-refractivity contribution is 5.81. The number of nitrogens with two attached hydrogens (primary N) is 1. The fourth-order valence-electron chi connectivity index (χ4n) is 2.19. The van der Waals surface area contributed by atoms with Gasteiger partial charge >= 0.3 is 0 Å². The van der Waals surface area contributed by atoms with Gasteiger partial charge in [-0.1, -0.05) is 36.8 Å². The first-order valence-corrected chi connectivity index (χ1v) is 7.72. The minimum atomic E-state index is -0.166. The van der Waals surface area contributed by atoms with Crippen LogP contribution < -0.4 is 16.4 Å². The van der Waals surface area contributed by atoms with E-state index in [4.69, 9.17) is 5.73 Å². The van der Waals surface area contributed by atoms with Crippen LogP contribution in [0, 0.1) is 0 Å². The average molecular weight is 291 g/mol. The van der Waals surface area contributed by atoms with E-state index in [0.29, 0.717) is 13.1 Å². The summed E-state index contributed by atoms with van der Waals surface area (Å²) >= 11 is 0. The molecule has 1 rings (SSSR count). The summed E-state index contributed by atoms with van der Waals surface area (Å²) in [5, 5.41) is 6.41. The van der Waals surface area contributed by atoms with Crippen molar-refractivity contribution in [1.29, 1.82) is 0 Å². The van der Waals surface area contributed by atoms with Crippen molar-refractivity contribution in [2.75, 3.05) is 6.54 Å². The van der Waals surface area contributed by atoms with Gasteiger partial charge in [0.25, 0.3) is 0 Å². The van der Waals surface area contributed by atoms with Crippen molar-refractivity contribution < 1.29 is 4.79 Å². The zero-order valence-corrected chi connectivity index (χ0v) is 13.5. The molecule has 0 aliphatic carbocycles. The monoisotopic (exact) mass is 291 g/mol. The van der Waals surface area contributed by atoms with Crippen LogP contribution in [0.15, 0.2) is 30.3 Å². The van der Waals surface area contributed by atoms with E-state index in [1.165, 1.54) is 0 Å². The number of hydrogen-bond acceptors (Lipinski definition) is 3. The van der Waals surface area contributed by atoms with E-state index in [2.05, 4.69) is 31.4 Å². The third-order valence-corrected chi connectivity index (χ3v) is 3.18. The maximum atomic E-state index is 12.4. The van der Waals surface area contributed by atoms with Gasteiger partial charge in [0.15, 0.2) is 0 Å². The first kappa shape index (κ1) is 17.7. The lowest BCUT2D eigenvalue weighted by Crippen LogP contribution is -2.51. The zero-order chi connectivity index (χ0) is 15.7. The van der Waals surface area contributed by atoms with Crippen LogP contribution in [0.2, 0.25) is 0 Å². The molecule has 1 amide bonds. The van der Waals surface area contributed by atoms with Gasteiger partial charge in [0, 0.05) is 12.1 Å². The minimum absolute atomic E-state index is 0.0609. The molecule has 0 unspecified atom stereocenters. The molecule has 118 valence electrons. The molecule has 0 aliphatic rings. The summed E-state index contributed by atoms with van der Waals surface area (Å²) in [6.45, 7) is 7.47. The van der Waals surface area contributed by atoms with E-state index in [0.717, 1.165) is 24.8 Å². The minimum Gasteiger partial charge on any atom is -0.351 e. The summed E-state index contributed by atoms with van der Waals surface area (Å²) in [6, 6.07) is 9.80. The van der Waals surface area contributed by atoms with E-state index < -0.39 is 0 Å². The standard InChI is InChI=1S/C17H29N3O/c1-17(2,3)20-15(11-7-8-12-18)16(21)19-13-14-9-5-4-6-10-14/h4-6,9-10,15,20H,7-8,11-13,18H2,1-3H3,(H,19,21)/t15-/m0/s1. The quantitative estimate of drug-likeness (QED) is 0.643. The molecule has 4 N–H and O–H groups in total. The summed E-state index contributed by atoms with van der Waals surface area (Å²) in [6.07, 6.45) is 2.73. The number of nitrogens with one attached hydrogen (secondary N) is 2. The second-order valence-electron chi connectivity index (χ2n) is 6.43. The number of unbranched alkanes of at least 4 members (excludes halogenated alkanes) is 1. The molecular formula is C17H29N3O. The Kier molecular flexibility index (Phi) is 7.40. The van der Waals surface area contributed by atoms with Gasteiger partial charge < -0.3 is 16.4 Å². The van der Waals surface area contributed by atoms with Gasteiger partial charge in [0.2, 0.25) is 5.91 Å². The van der Waals surface area contributed by atoms with Crippen molar-refractivity contribution in [3.8, 4) is 0 Å². The van der Waals surface area contributed by atoms with Crippen molar-refractivity contribution in [1.82, 2.24) is 10.6 Å². The first-order valence-electron chi connectivity index (χ1n) is 7.72. The fourth-order valence-corrected chi connectivity index (χ4v) is 2.19. The second-order valence-corrected chi connectivity index (χ2v) is 6.43. The summed E-state index contributed by atoms with van der Waals surface area (Å²) in [4.78, 5) is 12.4. The molecule has 0 heterocycles. The molecule has 1 atom stereocenters. The van der Waals surface area contributed by atoms with Gasteiger partial charge in [0.05, 0.1) is 6.04 Å². The lowest BCUT2D eigenvalue weighted by atomic mass is 10.0. The summed E-state index contributed by atoms with van der Waals surface area (Å²) in [7, 11) is 0. The van der Waals surface area contributed by atoms with E-state index in [1.54, 1.807) is 0 Å². The lowest BCUT2D eigenvalue weighted by Gasteiger charge is -2.28. The van der Waals surface area contributed by atoms with Gasteiger partial charge in [-0.3, -0.25) is 4.79 Å². The third-order valence-electron chi connectivity index (χ3n) is 3.18. The topological polar surface area (TPSA) is 67.1 Å². The van der Waals surface area contributed by atoms with Crippen LogP contribution in [0.25, 0.3) is 0 Å². The van der Waals surface area contributed by atoms with Crippen LogP contribution >= 0.6 is 0 Å².